The molecule has 0 aromatic heterocycles. The standard InChI is InChI=1S/C10H12F3NO4/c1-6(15)4-9(8(17)18)2-3-14(5-9)7(16)10(11,12)13/h2-5H2,1H3,(H,17,18). The average Bonchev–Trinajstić information content (AvgIpc) is 2.59. The van der Waals surface area contributed by atoms with Gasteiger partial charge < -0.3 is 10.0 Å². The third-order valence-corrected chi connectivity index (χ3v) is 2.92. The van der Waals surface area contributed by atoms with Gasteiger partial charge in [-0.3, -0.25) is 14.4 Å². The molecule has 1 unspecified atom stereocenters. The van der Waals surface area contributed by atoms with Crippen molar-refractivity contribution in [1.82, 2.24) is 4.90 Å². The van der Waals surface area contributed by atoms with E-state index in [2.05, 4.69) is 0 Å². The van der Waals surface area contributed by atoms with E-state index in [1.807, 2.05) is 0 Å². The van der Waals surface area contributed by atoms with Crippen LogP contribution in [-0.4, -0.2) is 46.9 Å². The van der Waals surface area contributed by atoms with Crippen molar-refractivity contribution < 1.29 is 32.7 Å². The summed E-state index contributed by atoms with van der Waals surface area (Å²) in [4.78, 5) is 33.5. The largest absolute Gasteiger partial charge is 0.481 e. The Morgan fingerprint density at radius 2 is 1.89 bits per heavy atom. The number of alkyl halides is 3. The van der Waals surface area contributed by atoms with Crippen LogP contribution in [0.2, 0.25) is 0 Å². The summed E-state index contributed by atoms with van der Waals surface area (Å²) in [6.45, 7) is 0.275. The number of ketones is 1. The molecule has 0 saturated carbocycles. The summed E-state index contributed by atoms with van der Waals surface area (Å²) < 4.78 is 36.6. The molecule has 1 rings (SSSR count). The highest BCUT2D eigenvalue weighted by atomic mass is 19.4. The van der Waals surface area contributed by atoms with Crippen molar-refractivity contribution in [3.63, 3.8) is 0 Å². The first-order valence-electron chi connectivity index (χ1n) is 5.17. The summed E-state index contributed by atoms with van der Waals surface area (Å²) >= 11 is 0. The van der Waals surface area contributed by atoms with E-state index >= 15 is 0 Å². The van der Waals surface area contributed by atoms with E-state index in [4.69, 9.17) is 5.11 Å². The number of Topliss-reactive ketones (excluding diaryl/α,β-unsaturated/α-hetero) is 1. The minimum atomic E-state index is -5.02. The Balaban J connectivity index is 2.87. The Morgan fingerprint density at radius 1 is 1.33 bits per heavy atom. The number of carbonyl (C=O) groups is 3. The Labute approximate surface area is 101 Å². The molecule has 0 bridgehead atoms. The number of nitrogens with zero attached hydrogens (tertiary/aromatic N) is 1. The zero-order valence-corrected chi connectivity index (χ0v) is 9.58. The van der Waals surface area contributed by atoms with Gasteiger partial charge in [-0.05, 0) is 13.3 Å². The van der Waals surface area contributed by atoms with Gasteiger partial charge in [0.05, 0.1) is 5.41 Å². The molecule has 1 heterocycles. The highest BCUT2D eigenvalue weighted by molar-refractivity contribution is 5.87. The lowest BCUT2D eigenvalue weighted by Crippen LogP contribution is -2.43. The molecule has 0 aliphatic carbocycles. The normalized spacial score (nSPS) is 24.1. The van der Waals surface area contributed by atoms with Crippen LogP contribution in [0.4, 0.5) is 13.2 Å². The maximum atomic E-state index is 12.2. The number of rotatable bonds is 3. The summed E-state index contributed by atoms with van der Waals surface area (Å²) in [7, 11) is 0. The molecule has 0 aromatic rings. The quantitative estimate of drug-likeness (QED) is 0.821. The number of carboxylic acid groups (broad SMARTS) is 1. The number of amides is 1. The summed E-state index contributed by atoms with van der Waals surface area (Å²) in [6.07, 6.45) is -5.54. The van der Waals surface area contributed by atoms with Crippen LogP contribution >= 0.6 is 0 Å². The summed E-state index contributed by atoms with van der Waals surface area (Å²) in [6, 6.07) is 0. The van der Waals surface area contributed by atoms with Gasteiger partial charge in [-0.2, -0.15) is 13.2 Å². The van der Waals surface area contributed by atoms with Crippen LogP contribution in [0.5, 0.6) is 0 Å². The molecule has 1 amide bonds. The van der Waals surface area contributed by atoms with Gasteiger partial charge in [-0.15, -0.1) is 0 Å². The topological polar surface area (TPSA) is 74.7 Å². The van der Waals surface area contributed by atoms with Crippen LogP contribution in [0.1, 0.15) is 19.8 Å². The fraction of sp³-hybridized carbons (Fsp3) is 0.700. The van der Waals surface area contributed by atoms with Crippen molar-refractivity contribution in [3.8, 4) is 0 Å². The molecule has 1 fully saturated rings. The molecule has 0 aromatic carbocycles. The van der Waals surface area contributed by atoms with E-state index in [9.17, 15) is 27.6 Å². The van der Waals surface area contributed by atoms with Crippen molar-refractivity contribution in [2.24, 2.45) is 5.41 Å². The molecule has 1 aliphatic rings. The second-order valence-electron chi connectivity index (χ2n) is 4.44. The maximum absolute atomic E-state index is 12.2. The predicted molar refractivity (Wildman–Crippen MR) is 52.6 cm³/mol. The molecule has 1 atom stereocenters. The fourth-order valence-corrected chi connectivity index (χ4v) is 2.10. The molecule has 8 heteroatoms. The van der Waals surface area contributed by atoms with Crippen molar-refractivity contribution in [2.75, 3.05) is 13.1 Å². The Bertz CT molecular complexity index is 393. The van der Waals surface area contributed by atoms with Crippen LogP contribution in [0, 0.1) is 5.41 Å². The number of likely N-dealkylation sites (tertiary alicyclic amines) is 1. The van der Waals surface area contributed by atoms with Crippen LogP contribution in [0.15, 0.2) is 0 Å². The SMILES string of the molecule is CC(=O)CC1(C(=O)O)CCN(C(=O)C(F)(F)F)C1. The van der Waals surface area contributed by atoms with Gasteiger partial charge in [0.25, 0.3) is 0 Å². The first-order valence-corrected chi connectivity index (χ1v) is 5.17. The van der Waals surface area contributed by atoms with Gasteiger partial charge in [0.1, 0.15) is 5.78 Å². The molecule has 1 N–H and O–H groups in total. The highest BCUT2D eigenvalue weighted by Crippen LogP contribution is 2.36. The molecular formula is C10H12F3NO4. The lowest BCUT2D eigenvalue weighted by Gasteiger charge is -2.23. The van der Waals surface area contributed by atoms with E-state index in [1.165, 1.54) is 6.92 Å². The molecular weight excluding hydrogens is 255 g/mol. The fourth-order valence-electron chi connectivity index (χ4n) is 2.10. The van der Waals surface area contributed by atoms with Crippen LogP contribution in [-0.2, 0) is 14.4 Å². The van der Waals surface area contributed by atoms with Crippen LogP contribution in [0.3, 0.4) is 0 Å². The Hall–Kier alpha value is -1.60. The number of aliphatic carboxylic acids is 1. The van der Waals surface area contributed by atoms with Gasteiger partial charge in [-0.25, -0.2) is 0 Å². The van der Waals surface area contributed by atoms with Crippen molar-refractivity contribution in [1.29, 1.82) is 0 Å². The molecule has 1 aliphatic heterocycles. The van der Waals surface area contributed by atoms with Gasteiger partial charge in [0, 0.05) is 19.5 Å². The molecule has 5 nitrogen and oxygen atoms in total. The van der Waals surface area contributed by atoms with Gasteiger partial charge >= 0.3 is 18.1 Å². The van der Waals surface area contributed by atoms with Crippen molar-refractivity contribution in [3.05, 3.63) is 0 Å². The zero-order valence-electron chi connectivity index (χ0n) is 9.58. The maximum Gasteiger partial charge on any atom is 0.471 e. The van der Waals surface area contributed by atoms with Crippen LogP contribution in [0.25, 0.3) is 0 Å². The average molecular weight is 267 g/mol. The minimum Gasteiger partial charge on any atom is -0.481 e. The van der Waals surface area contributed by atoms with Crippen molar-refractivity contribution >= 4 is 17.7 Å². The predicted octanol–water partition coefficient (Wildman–Crippen LogP) is 0.831. The highest BCUT2D eigenvalue weighted by Gasteiger charge is 2.52. The molecule has 0 spiro atoms. The first-order chi connectivity index (χ1) is 8.08. The summed E-state index contributed by atoms with van der Waals surface area (Å²) in [5.41, 5.74) is -1.59. The van der Waals surface area contributed by atoms with E-state index in [0.29, 0.717) is 4.90 Å². The molecule has 102 valence electrons. The van der Waals surface area contributed by atoms with Crippen molar-refractivity contribution in [2.45, 2.75) is 25.9 Å². The smallest absolute Gasteiger partial charge is 0.471 e. The number of carbonyl (C=O) groups excluding carboxylic acids is 2. The van der Waals surface area contributed by atoms with E-state index < -0.39 is 35.8 Å². The molecule has 18 heavy (non-hydrogen) atoms. The third kappa shape index (κ3) is 2.80. The first kappa shape index (κ1) is 14.5. The number of halogens is 3. The summed E-state index contributed by atoms with van der Waals surface area (Å²) in [5, 5.41) is 9.04. The summed E-state index contributed by atoms with van der Waals surface area (Å²) in [5.74, 6) is -3.84. The lowest BCUT2D eigenvalue weighted by atomic mass is 9.82. The number of carboxylic acids is 1. The van der Waals surface area contributed by atoms with Gasteiger partial charge in [0.15, 0.2) is 0 Å². The second-order valence-corrected chi connectivity index (χ2v) is 4.44. The van der Waals surface area contributed by atoms with Gasteiger partial charge in [0.2, 0.25) is 0 Å². The Kier molecular flexibility index (Phi) is 3.68. The molecule has 1 saturated heterocycles. The molecule has 0 radical (unpaired) electrons. The second kappa shape index (κ2) is 4.58. The van der Waals surface area contributed by atoms with Gasteiger partial charge in [-0.1, -0.05) is 0 Å². The van der Waals surface area contributed by atoms with E-state index in [1.54, 1.807) is 0 Å². The third-order valence-electron chi connectivity index (χ3n) is 2.92. The monoisotopic (exact) mass is 267 g/mol. The zero-order chi connectivity index (χ0) is 14.1. The number of hydrogen-bond donors (Lipinski definition) is 1. The Morgan fingerprint density at radius 3 is 2.28 bits per heavy atom. The number of hydrogen-bond acceptors (Lipinski definition) is 3. The minimum absolute atomic E-state index is 0.149. The van der Waals surface area contributed by atoms with E-state index in [-0.39, 0.29) is 19.4 Å². The van der Waals surface area contributed by atoms with Crippen LogP contribution < -0.4 is 0 Å². The van der Waals surface area contributed by atoms with E-state index in [0.717, 1.165) is 0 Å². The lowest BCUT2D eigenvalue weighted by molar-refractivity contribution is -0.185.